The predicted molar refractivity (Wildman–Crippen MR) is 121 cm³/mol. The zero-order chi connectivity index (χ0) is 22.3. The first-order valence-corrected chi connectivity index (χ1v) is 11.0. The molecule has 2 heterocycles. The van der Waals surface area contributed by atoms with Crippen LogP contribution < -0.4 is 9.64 Å². The van der Waals surface area contributed by atoms with Crippen molar-refractivity contribution in [3.8, 4) is 11.8 Å². The zero-order valence-electron chi connectivity index (χ0n) is 18.4. The van der Waals surface area contributed by atoms with Crippen molar-refractivity contribution in [3.05, 3.63) is 53.9 Å². The van der Waals surface area contributed by atoms with Crippen LogP contribution in [0.1, 0.15) is 36.8 Å². The van der Waals surface area contributed by atoms with E-state index in [0.29, 0.717) is 18.0 Å². The van der Waals surface area contributed by atoms with Crippen LogP contribution in [0.3, 0.4) is 0 Å². The summed E-state index contributed by atoms with van der Waals surface area (Å²) in [4.78, 5) is 19.1. The van der Waals surface area contributed by atoms with Crippen molar-refractivity contribution in [3.63, 3.8) is 0 Å². The fourth-order valence-corrected chi connectivity index (χ4v) is 5.20. The van der Waals surface area contributed by atoms with Gasteiger partial charge in [0.25, 0.3) is 0 Å². The van der Waals surface area contributed by atoms with Gasteiger partial charge in [0.15, 0.2) is 0 Å². The molecule has 164 valence electrons. The van der Waals surface area contributed by atoms with Gasteiger partial charge in [0.2, 0.25) is 0 Å². The average Bonchev–Trinajstić information content (AvgIpc) is 3.34. The topological polar surface area (TPSA) is 80.4 Å². The van der Waals surface area contributed by atoms with Gasteiger partial charge in [0.05, 0.1) is 48.3 Å². The third kappa shape index (κ3) is 3.56. The van der Waals surface area contributed by atoms with Crippen LogP contribution in [0.15, 0.2) is 42.7 Å². The van der Waals surface area contributed by atoms with E-state index in [1.54, 1.807) is 18.1 Å². The maximum absolute atomic E-state index is 12.9. The number of hydrogen-bond acceptors (Lipinski definition) is 5. The van der Waals surface area contributed by atoms with Crippen LogP contribution in [0.4, 0.5) is 10.5 Å². The number of amides is 1. The number of imidazole rings is 1. The van der Waals surface area contributed by atoms with E-state index in [9.17, 15) is 10.1 Å². The molecule has 0 bridgehead atoms. The van der Waals surface area contributed by atoms with Gasteiger partial charge in [-0.3, -0.25) is 4.90 Å². The number of hydrogen-bond donors (Lipinski definition) is 0. The molecule has 2 aromatic carbocycles. The molecule has 1 spiro atoms. The van der Waals surface area contributed by atoms with Gasteiger partial charge in [-0.1, -0.05) is 6.07 Å². The molecule has 3 aromatic rings. The minimum absolute atomic E-state index is 0.284. The molecule has 1 saturated carbocycles. The second kappa shape index (κ2) is 7.86. The third-order valence-electron chi connectivity index (χ3n) is 6.79. The quantitative estimate of drug-likeness (QED) is 0.593. The number of carbonyl (C=O) groups is 1. The minimum Gasteiger partial charge on any atom is -0.497 e. The lowest BCUT2D eigenvalue weighted by atomic mass is 9.78. The molecule has 1 aromatic heterocycles. The summed E-state index contributed by atoms with van der Waals surface area (Å²) in [6.07, 6.45) is 5.34. The smallest absolute Gasteiger partial charge is 0.415 e. The van der Waals surface area contributed by atoms with Gasteiger partial charge in [-0.05, 0) is 68.4 Å². The van der Waals surface area contributed by atoms with Crippen molar-refractivity contribution in [2.45, 2.75) is 44.8 Å². The van der Waals surface area contributed by atoms with Crippen LogP contribution in [0.2, 0.25) is 0 Å². The van der Waals surface area contributed by atoms with Crippen LogP contribution in [0, 0.1) is 24.2 Å². The molecule has 1 aliphatic carbocycles. The lowest BCUT2D eigenvalue weighted by Crippen LogP contribution is -2.40. The lowest BCUT2D eigenvalue weighted by molar-refractivity contribution is 0.00439. The Morgan fingerprint density at radius 2 is 2.19 bits per heavy atom. The molecule has 2 fully saturated rings. The summed E-state index contributed by atoms with van der Waals surface area (Å²) < 4.78 is 13.5. The average molecular weight is 431 g/mol. The Balaban J connectivity index is 1.36. The monoisotopic (exact) mass is 430 g/mol. The number of fused-ring (bicyclic) bond motifs is 1. The largest absolute Gasteiger partial charge is 0.497 e. The molecule has 32 heavy (non-hydrogen) atoms. The van der Waals surface area contributed by atoms with Gasteiger partial charge in [0.1, 0.15) is 11.4 Å². The van der Waals surface area contributed by atoms with Crippen molar-refractivity contribution in [2.75, 3.05) is 18.6 Å². The molecule has 1 aliphatic heterocycles. The van der Waals surface area contributed by atoms with Gasteiger partial charge in [0, 0.05) is 12.6 Å². The van der Waals surface area contributed by atoms with E-state index >= 15 is 0 Å². The maximum Gasteiger partial charge on any atom is 0.415 e. The molecule has 2 unspecified atom stereocenters. The summed E-state index contributed by atoms with van der Waals surface area (Å²) in [5, 5.41) is 9.24. The number of nitrogens with zero attached hydrogens (tertiary/aromatic N) is 4. The van der Waals surface area contributed by atoms with Crippen molar-refractivity contribution in [1.29, 1.82) is 5.26 Å². The summed E-state index contributed by atoms with van der Waals surface area (Å²) in [6, 6.07) is 13.6. The number of rotatable bonds is 4. The number of ether oxygens (including phenoxy) is 2. The molecule has 1 amide bonds. The molecule has 1 saturated heterocycles. The summed E-state index contributed by atoms with van der Waals surface area (Å²) in [5.41, 5.74) is 3.89. The first-order valence-electron chi connectivity index (χ1n) is 11.0. The molecular weight excluding hydrogens is 404 g/mol. The Hall–Kier alpha value is -3.53. The van der Waals surface area contributed by atoms with Crippen LogP contribution in [0.5, 0.6) is 5.75 Å². The Morgan fingerprint density at radius 3 is 3.00 bits per heavy atom. The normalized spacial score (nSPS) is 22.8. The Morgan fingerprint density at radius 1 is 1.31 bits per heavy atom. The van der Waals surface area contributed by atoms with Crippen LogP contribution in [-0.4, -0.2) is 34.9 Å². The van der Waals surface area contributed by atoms with E-state index in [-0.39, 0.29) is 6.09 Å². The van der Waals surface area contributed by atoms with E-state index in [1.807, 2.05) is 43.6 Å². The lowest BCUT2D eigenvalue weighted by Gasteiger charge is -2.36. The number of methoxy groups -OCH3 is 1. The zero-order valence-corrected chi connectivity index (χ0v) is 18.4. The number of nitriles is 1. The highest BCUT2D eigenvalue weighted by atomic mass is 16.6. The van der Waals surface area contributed by atoms with Crippen LogP contribution >= 0.6 is 0 Å². The highest BCUT2D eigenvalue weighted by Gasteiger charge is 2.48. The van der Waals surface area contributed by atoms with E-state index in [0.717, 1.165) is 60.3 Å². The molecule has 2 aliphatic rings. The molecule has 7 nitrogen and oxygen atoms in total. The van der Waals surface area contributed by atoms with E-state index in [1.165, 1.54) is 0 Å². The first-order chi connectivity index (χ1) is 15.5. The Bertz CT molecular complexity index is 1230. The molecule has 0 N–H and O–H groups in total. The molecular formula is C25H26N4O3. The Kier molecular flexibility index (Phi) is 5.01. The van der Waals surface area contributed by atoms with Crippen LogP contribution in [-0.2, 0) is 11.3 Å². The fourth-order valence-electron chi connectivity index (χ4n) is 5.20. The molecule has 2 atom stereocenters. The van der Waals surface area contributed by atoms with Crippen molar-refractivity contribution >= 4 is 22.8 Å². The third-order valence-corrected chi connectivity index (χ3v) is 6.79. The van der Waals surface area contributed by atoms with Gasteiger partial charge >= 0.3 is 6.09 Å². The second-order valence-electron chi connectivity index (χ2n) is 8.96. The van der Waals surface area contributed by atoms with Gasteiger partial charge in [-0.15, -0.1) is 0 Å². The predicted octanol–water partition coefficient (Wildman–Crippen LogP) is 4.81. The van der Waals surface area contributed by atoms with Crippen molar-refractivity contribution in [1.82, 2.24) is 9.55 Å². The number of aromatic nitrogens is 2. The van der Waals surface area contributed by atoms with Crippen molar-refractivity contribution < 1.29 is 14.3 Å². The highest BCUT2D eigenvalue weighted by molar-refractivity contribution is 5.91. The number of aryl methyl sites for hydroxylation is 1. The molecule has 0 radical (unpaired) electrons. The SMILES string of the molecule is COc1ccc(C)c(N2CC3(CCCC(Cn4cnc5ccc(C#N)cc54)C3)OC2=O)c1. The van der Waals surface area contributed by atoms with E-state index in [2.05, 4.69) is 15.6 Å². The molecule has 5 rings (SSSR count). The summed E-state index contributed by atoms with van der Waals surface area (Å²) in [7, 11) is 1.63. The van der Waals surface area contributed by atoms with Crippen LogP contribution in [0.25, 0.3) is 11.0 Å². The second-order valence-corrected chi connectivity index (χ2v) is 8.96. The minimum atomic E-state index is -0.469. The maximum atomic E-state index is 12.9. The van der Waals surface area contributed by atoms with E-state index in [4.69, 9.17) is 9.47 Å². The number of carbonyl (C=O) groups excluding carboxylic acids is 1. The van der Waals surface area contributed by atoms with Gasteiger partial charge in [-0.25, -0.2) is 9.78 Å². The number of anilines is 1. The summed E-state index contributed by atoms with van der Waals surface area (Å²) in [5.74, 6) is 1.09. The van der Waals surface area contributed by atoms with Crippen molar-refractivity contribution in [2.24, 2.45) is 5.92 Å². The summed E-state index contributed by atoms with van der Waals surface area (Å²) >= 11 is 0. The van der Waals surface area contributed by atoms with Gasteiger partial charge < -0.3 is 14.0 Å². The highest BCUT2D eigenvalue weighted by Crippen LogP contribution is 2.43. The molecule has 7 heteroatoms. The fraction of sp³-hybridized carbons (Fsp3) is 0.400. The summed E-state index contributed by atoms with van der Waals surface area (Å²) in [6.45, 7) is 3.35. The Labute approximate surface area is 187 Å². The number of benzene rings is 2. The first kappa shape index (κ1) is 20.4. The van der Waals surface area contributed by atoms with E-state index < -0.39 is 5.60 Å². The standard InChI is InChI=1S/C25H26N4O3/c1-17-5-7-20(31-2)11-22(17)29-15-25(32-24(29)30)9-3-4-19(12-25)14-28-16-27-21-8-6-18(13-26)10-23(21)28/h5-8,10-11,16,19H,3-4,9,12,14-15H2,1-2H3. The van der Waals surface area contributed by atoms with Gasteiger partial charge in [-0.2, -0.15) is 5.26 Å².